The van der Waals surface area contributed by atoms with E-state index < -0.39 is 0 Å². The minimum Gasteiger partial charge on any atom is -0.324 e. The molecule has 3 nitrogen and oxygen atoms in total. The summed E-state index contributed by atoms with van der Waals surface area (Å²) in [6.07, 6.45) is 2.26. The van der Waals surface area contributed by atoms with Gasteiger partial charge in [-0.1, -0.05) is 12.1 Å². The molecule has 0 bridgehead atoms. The predicted octanol–water partition coefficient (Wildman–Crippen LogP) is 2.65. The van der Waals surface area contributed by atoms with Crippen molar-refractivity contribution in [2.45, 2.75) is 19.8 Å². The molecule has 86 valence electrons. The average Bonchev–Trinajstić information content (AvgIpc) is 2.80. The fraction of sp³-hybridized carbons (Fsp3) is 0.462. The molecule has 1 aliphatic heterocycles. The topological polar surface area (TPSA) is 23.6 Å². The van der Waals surface area contributed by atoms with E-state index in [0.29, 0.717) is 0 Å². The van der Waals surface area contributed by atoms with Gasteiger partial charge in [0.2, 0.25) is 0 Å². The Bertz CT molecular complexity index is 383. The summed E-state index contributed by atoms with van der Waals surface area (Å²) in [6, 6.07) is 8.15. The maximum atomic E-state index is 12.1. The summed E-state index contributed by atoms with van der Waals surface area (Å²) in [7, 11) is 1.84. The largest absolute Gasteiger partial charge is 0.324 e. The lowest BCUT2D eigenvalue weighted by atomic mass is 10.2. The summed E-state index contributed by atoms with van der Waals surface area (Å²) >= 11 is 0. The number of likely N-dealkylation sites (tertiary alicyclic amines) is 1. The molecule has 3 heteroatoms. The van der Waals surface area contributed by atoms with Crippen molar-refractivity contribution in [3.8, 4) is 0 Å². The Balaban J connectivity index is 2.11. The Kier molecular flexibility index (Phi) is 3.13. The summed E-state index contributed by atoms with van der Waals surface area (Å²) in [5.74, 6) is 0. The van der Waals surface area contributed by atoms with E-state index in [1.807, 2.05) is 43.1 Å². The van der Waals surface area contributed by atoms with Crippen molar-refractivity contribution >= 4 is 11.7 Å². The van der Waals surface area contributed by atoms with Crippen LogP contribution in [-0.4, -0.2) is 31.1 Å². The van der Waals surface area contributed by atoms with E-state index in [1.54, 1.807) is 4.90 Å². The number of urea groups is 1. The molecule has 0 aromatic heterocycles. The van der Waals surface area contributed by atoms with Crippen LogP contribution in [0.25, 0.3) is 0 Å². The highest BCUT2D eigenvalue weighted by atomic mass is 16.2. The van der Waals surface area contributed by atoms with Gasteiger partial charge in [0.1, 0.15) is 0 Å². The molecule has 1 aromatic carbocycles. The van der Waals surface area contributed by atoms with Gasteiger partial charge in [-0.05, 0) is 37.5 Å². The van der Waals surface area contributed by atoms with Crippen LogP contribution in [0.3, 0.4) is 0 Å². The van der Waals surface area contributed by atoms with Gasteiger partial charge in [-0.3, -0.25) is 4.90 Å². The second-order valence-corrected chi connectivity index (χ2v) is 4.37. The minimum atomic E-state index is 0.114. The average molecular weight is 218 g/mol. The number of carbonyl (C=O) groups is 1. The van der Waals surface area contributed by atoms with Crippen molar-refractivity contribution in [2.75, 3.05) is 25.0 Å². The van der Waals surface area contributed by atoms with Crippen LogP contribution in [0.1, 0.15) is 18.4 Å². The third-order valence-corrected chi connectivity index (χ3v) is 3.05. The molecule has 2 rings (SSSR count). The van der Waals surface area contributed by atoms with Crippen molar-refractivity contribution in [3.05, 3.63) is 29.8 Å². The molecule has 0 aliphatic carbocycles. The van der Waals surface area contributed by atoms with Crippen molar-refractivity contribution < 1.29 is 4.79 Å². The van der Waals surface area contributed by atoms with Crippen LogP contribution in [0, 0.1) is 6.92 Å². The summed E-state index contributed by atoms with van der Waals surface area (Å²) in [4.78, 5) is 15.8. The third-order valence-electron chi connectivity index (χ3n) is 3.05. The number of hydrogen-bond donors (Lipinski definition) is 0. The highest BCUT2D eigenvalue weighted by molar-refractivity contribution is 5.91. The molecule has 0 radical (unpaired) electrons. The summed E-state index contributed by atoms with van der Waals surface area (Å²) < 4.78 is 0. The van der Waals surface area contributed by atoms with Crippen LogP contribution in [0.15, 0.2) is 24.3 Å². The maximum absolute atomic E-state index is 12.1. The molecule has 0 unspecified atom stereocenters. The normalized spacial score (nSPS) is 15.2. The number of hydrogen-bond acceptors (Lipinski definition) is 1. The molecule has 0 spiro atoms. The van der Waals surface area contributed by atoms with Gasteiger partial charge in [-0.25, -0.2) is 4.79 Å². The highest BCUT2D eigenvalue weighted by Crippen LogP contribution is 2.18. The molecule has 0 N–H and O–H groups in total. The zero-order valence-corrected chi connectivity index (χ0v) is 9.94. The fourth-order valence-corrected chi connectivity index (χ4v) is 2.07. The first-order valence-electron chi connectivity index (χ1n) is 5.78. The van der Waals surface area contributed by atoms with Crippen LogP contribution in [0.5, 0.6) is 0 Å². The van der Waals surface area contributed by atoms with E-state index in [2.05, 4.69) is 0 Å². The number of aryl methyl sites for hydroxylation is 1. The van der Waals surface area contributed by atoms with E-state index in [1.165, 1.54) is 5.56 Å². The van der Waals surface area contributed by atoms with Crippen molar-refractivity contribution in [2.24, 2.45) is 0 Å². The summed E-state index contributed by atoms with van der Waals surface area (Å²) in [5, 5.41) is 0. The standard InChI is InChI=1S/C13H18N2O/c1-11-6-5-7-12(10-11)14(2)13(16)15-8-3-4-9-15/h5-7,10H,3-4,8-9H2,1-2H3. The quantitative estimate of drug-likeness (QED) is 0.710. The smallest absolute Gasteiger partial charge is 0.324 e. The molecule has 1 heterocycles. The zero-order chi connectivity index (χ0) is 11.5. The Morgan fingerprint density at radius 3 is 2.62 bits per heavy atom. The first-order chi connectivity index (χ1) is 7.68. The molecule has 0 atom stereocenters. The Labute approximate surface area is 96.7 Å². The minimum absolute atomic E-state index is 0.114. The van der Waals surface area contributed by atoms with Crippen LogP contribution >= 0.6 is 0 Å². The lowest BCUT2D eigenvalue weighted by molar-refractivity contribution is 0.217. The van der Waals surface area contributed by atoms with Gasteiger partial charge in [-0.2, -0.15) is 0 Å². The van der Waals surface area contributed by atoms with E-state index in [4.69, 9.17) is 0 Å². The van der Waals surface area contributed by atoms with E-state index in [-0.39, 0.29) is 6.03 Å². The fourth-order valence-electron chi connectivity index (χ4n) is 2.07. The number of rotatable bonds is 1. The number of anilines is 1. The Morgan fingerprint density at radius 1 is 1.31 bits per heavy atom. The first-order valence-corrected chi connectivity index (χ1v) is 5.78. The summed E-state index contributed by atoms with van der Waals surface area (Å²) in [5.41, 5.74) is 2.15. The highest BCUT2D eigenvalue weighted by Gasteiger charge is 2.21. The first kappa shape index (κ1) is 11.0. The van der Waals surface area contributed by atoms with Gasteiger partial charge in [0.15, 0.2) is 0 Å². The van der Waals surface area contributed by atoms with E-state index in [0.717, 1.165) is 31.6 Å². The molecule has 1 aliphatic rings. The zero-order valence-electron chi connectivity index (χ0n) is 9.94. The number of carbonyl (C=O) groups excluding carboxylic acids is 1. The van der Waals surface area contributed by atoms with Gasteiger partial charge in [0.05, 0.1) is 0 Å². The number of benzene rings is 1. The molecule has 1 saturated heterocycles. The van der Waals surface area contributed by atoms with Gasteiger partial charge in [0.25, 0.3) is 0 Å². The summed E-state index contributed by atoms with van der Waals surface area (Å²) in [6.45, 7) is 3.83. The monoisotopic (exact) mass is 218 g/mol. The lowest BCUT2D eigenvalue weighted by Gasteiger charge is -2.24. The van der Waals surface area contributed by atoms with Gasteiger partial charge < -0.3 is 4.90 Å². The molecule has 16 heavy (non-hydrogen) atoms. The van der Waals surface area contributed by atoms with Crippen LogP contribution in [-0.2, 0) is 0 Å². The molecular weight excluding hydrogens is 200 g/mol. The molecule has 2 amide bonds. The van der Waals surface area contributed by atoms with Crippen molar-refractivity contribution in [3.63, 3.8) is 0 Å². The Morgan fingerprint density at radius 2 is 2.00 bits per heavy atom. The molecule has 0 saturated carbocycles. The van der Waals surface area contributed by atoms with Crippen LogP contribution < -0.4 is 4.90 Å². The lowest BCUT2D eigenvalue weighted by Crippen LogP contribution is -2.39. The molecule has 1 fully saturated rings. The van der Waals surface area contributed by atoms with Gasteiger partial charge in [0, 0.05) is 25.8 Å². The molecule has 1 aromatic rings. The van der Waals surface area contributed by atoms with Crippen molar-refractivity contribution in [1.82, 2.24) is 4.90 Å². The van der Waals surface area contributed by atoms with Gasteiger partial charge in [-0.15, -0.1) is 0 Å². The second kappa shape index (κ2) is 4.56. The number of amides is 2. The number of nitrogens with zero attached hydrogens (tertiary/aromatic N) is 2. The second-order valence-electron chi connectivity index (χ2n) is 4.37. The van der Waals surface area contributed by atoms with Crippen LogP contribution in [0.4, 0.5) is 10.5 Å². The van der Waals surface area contributed by atoms with E-state index >= 15 is 0 Å². The third kappa shape index (κ3) is 2.18. The maximum Gasteiger partial charge on any atom is 0.324 e. The molecular formula is C13H18N2O. The van der Waals surface area contributed by atoms with E-state index in [9.17, 15) is 4.79 Å². The van der Waals surface area contributed by atoms with Crippen LogP contribution in [0.2, 0.25) is 0 Å². The Hall–Kier alpha value is -1.51. The van der Waals surface area contributed by atoms with Crippen molar-refractivity contribution in [1.29, 1.82) is 0 Å². The predicted molar refractivity (Wildman–Crippen MR) is 65.8 cm³/mol. The SMILES string of the molecule is Cc1cccc(N(C)C(=O)N2CCCC2)c1. The van der Waals surface area contributed by atoms with Gasteiger partial charge >= 0.3 is 6.03 Å².